The number of allylic oxidation sites excluding steroid dienone is 2. The predicted octanol–water partition coefficient (Wildman–Crippen LogP) is 2.99. The monoisotopic (exact) mass is 277 g/mol. The topological polar surface area (TPSA) is 41.5 Å². The van der Waals surface area contributed by atoms with Crippen molar-refractivity contribution in [2.45, 2.75) is 12.2 Å². The third-order valence-electron chi connectivity index (χ3n) is 3.09. The fourth-order valence-corrected chi connectivity index (χ4v) is 2.20. The van der Waals surface area contributed by atoms with Gasteiger partial charge in [-0.25, -0.2) is 4.79 Å². The Hall–Kier alpha value is -2.37. The molecular weight excluding hydrogens is 269 g/mol. The van der Waals surface area contributed by atoms with E-state index in [2.05, 4.69) is 16.4 Å². The summed E-state index contributed by atoms with van der Waals surface area (Å²) in [5, 5.41) is 2.55. The van der Waals surface area contributed by atoms with Crippen molar-refractivity contribution in [1.82, 2.24) is 5.32 Å². The Labute approximate surface area is 112 Å². The molecule has 0 bridgehead atoms. The number of carbonyl (C=O) groups is 1. The number of halogens is 3. The molecule has 1 radical (unpaired) electrons. The van der Waals surface area contributed by atoms with E-state index in [0.717, 1.165) is 6.07 Å². The van der Waals surface area contributed by atoms with Crippen molar-refractivity contribution in [3.05, 3.63) is 53.6 Å². The molecule has 2 amide bonds. The van der Waals surface area contributed by atoms with Crippen LogP contribution in [-0.4, -0.2) is 17.8 Å². The van der Waals surface area contributed by atoms with E-state index >= 15 is 0 Å². The van der Waals surface area contributed by atoms with Gasteiger partial charge in [-0.05, 0) is 41.5 Å². The number of carbonyl (C=O) groups excluding carboxylic acids is 1. The quantitative estimate of drug-likeness (QED) is 0.842. The highest BCUT2D eigenvalue weighted by atomic mass is 19.4. The van der Waals surface area contributed by atoms with E-state index in [0.29, 0.717) is 11.3 Å². The number of amides is 2. The third kappa shape index (κ3) is 2.13. The van der Waals surface area contributed by atoms with E-state index in [-0.39, 0.29) is 5.56 Å². The van der Waals surface area contributed by atoms with Crippen LogP contribution in [0.5, 0.6) is 0 Å². The summed E-state index contributed by atoms with van der Waals surface area (Å²) in [6, 6.07) is 5.20. The zero-order valence-electron chi connectivity index (χ0n) is 10.0. The predicted molar refractivity (Wildman–Crippen MR) is 67.2 cm³/mol. The molecule has 0 spiro atoms. The number of rotatable bonds is 1. The molecule has 6 heteroatoms. The summed E-state index contributed by atoms with van der Waals surface area (Å²) in [5.41, 5.74) is 0.209. The molecule has 3 rings (SSSR count). The molecule has 1 atom stereocenters. The van der Waals surface area contributed by atoms with E-state index in [4.69, 9.17) is 0 Å². The van der Waals surface area contributed by atoms with Gasteiger partial charge in [-0.3, -0.25) is 0 Å². The molecule has 1 aromatic rings. The molecule has 0 fully saturated rings. The Kier molecular flexibility index (Phi) is 2.74. The number of aliphatic imine (C=N–C) groups is 1. The van der Waals surface area contributed by atoms with Crippen LogP contribution in [0.1, 0.15) is 11.1 Å². The van der Waals surface area contributed by atoms with Crippen molar-refractivity contribution in [2.75, 3.05) is 0 Å². The van der Waals surface area contributed by atoms with Crippen molar-refractivity contribution in [2.24, 2.45) is 4.99 Å². The Bertz CT molecular complexity index is 671. The van der Waals surface area contributed by atoms with Crippen LogP contribution >= 0.6 is 0 Å². The van der Waals surface area contributed by atoms with Gasteiger partial charge < -0.3 is 5.32 Å². The number of benzene rings is 1. The molecular formula is C14H8F3N2O. The minimum Gasteiger partial charge on any atom is -0.324 e. The molecule has 0 aromatic heterocycles. The second-order valence-electron chi connectivity index (χ2n) is 4.39. The van der Waals surface area contributed by atoms with Gasteiger partial charge in [-0.2, -0.15) is 18.2 Å². The molecule has 1 N–H and O–H groups in total. The second kappa shape index (κ2) is 4.33. The summed E-state index contributed by atoms with van der Waals surface area (Å²) in [6.07, 6.45) is 0.188. The molecule has 1 aliphatic carbocycles. The zero-order valence-corrected chi connectivity index (χ0v) is 10.0. The first-order chi connectivity index (χ1) is 9.45. The molecule has 0 saturated heterocycles. The molecule has 1 aliphatic heterocycles. The van der Waals surface area contributed by atoms with Crippen LogP contribution < -0.4 is 5.32 Å². The maximum Gasteiger partial charge on any atom is 0.417 e. The van der Waals surface area contributed by atoms with Gasteiger partial charge in [0, 0.05) is 0 Å². The molecule has 2 aliphatic rings. The van der Waals surface area contributed by atoms with Gasteiger partial charge in [-0.1, -0.05) is 12.1 Å². The molecule has 1 aromatic carbocycles. The zero-order chi connectivity index (χ0) is 14.3. The fourth-order valence-electron chi connectivity index (χ4n) is 2.20. The maximum atomic E-state index is 13.0. The van der Waals surface area contributed by atoms with E-state index in [9.17, 15) is 18.0 Å². The smallest absolute Gasteiger partial charge is 0.324 e. The summed E-state index contributed by atoms with van der Waals surface area (Å²) < 4.78 is 38.9. The average Bonchev–Trinajstić information content (AvgIpc) is 2.76. The molecule has 0 saturated carbocycles. The highest BCUT2D eigenvalue weighted by Gasteiger charge is 2.34. The van der Waals surface area contributed by atoms with E-state index in [1.807, 2.05) is 0 Å². The van der Waals surface area contributed by atoms with Gasteiger partial charge in [0.15, 0.2) is 0 Å². The molecule has 1 unspecified atom stereocenters. The van der Waals surface area contributed by atoms with Crippen molar-refractivity contribution < 1.29 is 18.0 Å². The van der Waals surface area contributed by atoms with Gasteiger partial charge in [-0.15, -0.1) is 0 Å². The standard InChI is InChI=1S/C14H8F3N2O/c15-14(16,17)10-4-2-1-3-9(10)8-5-6-11-12(7-8)19-13(20)18-11/h2-7,12H,(H,19,20). The Balaban J connectivity index is 2.04. The minimum absolute atomic E-state index is 0.0384. The van der Waals surface area contributed by atoms with Gasteiger partial charge in [0.1, 0.15) is 0 Å². The molecule has 20 heavy (non-hydrogen) atoms. The van der Waals surface area contributed by atoms with Crippen LogP contribution in [0.15, 0.2) is 41.4 Å². The first kappa shape index (κ1) is 12.7. The first-order valence-electron chi connectivity index (χ1n) is 5.82. The second-order valence-corrected chi connectivity index (χ2v) is 4.39. The third-order valence-corrected chi connectivity index (χ3v) is 3.09. The summed E-state index contributed by atoms with van der Waals surface area (Å²) >= 11 is 0. The SMILES string of the molecule is O=C1N=C2C=CC(c3c[c]ccc3C(F)(F)F)=CC2N1. The summed E-state index contributed by atoms with van der Waals surface area (Å²) in [6.45, 7) is 0. The molecule has 3 nitrogen and oxygen atoms in total. The van der Waals surface area contributed by atoms with Gasteiger partial charge in [0.05, 0.1) is 17.3 Å². The van der Waals surface area contributed by atoms with Crippen molar-refractivity contribution >= 4 is 17.3 Å². The lowest BCUT2D eigenvalue weighted by Crippen LogP contribution is -2.30. The van der Waals surface area contributed by atoms with E-state index in [1.165, 1.54) is 18.2 Å². The van der Waals surface area contributed by atoms with Crippen molar-refractivity contribution in [3.8, 4) is 0 Å². The van der Waals surface area contributed by atoms with Crippen LogP contribution in [0, 0.1) is 6.07 Å². The number of alkyl halides is 3. The van der Waals surface area contributed by atoms with Crippen LogP contribution in [0.4, 0.5) is 18.0 Å². The van der Waals surface area contributed by atoms with Crippen LogP contribution in [0.2, 0.25) is 0 Å². The Morgan fingerprint density at radius 3 is 2.85 bits per heavy atom. The van der Waals surface area contributed by atoms with Crippen LogP contribution in [0.25, 0.3) is 5.57 Å². The lowest BCUT2D eigenvalue weighted by molar-refractivity contribution is -0.137. The van der Waals surface area contributed by atoms with Crippen LogP contribution in [-0.2, 0) is 6.18 Å². The fraction of sp³-hybridized carbons (Fsp3) is 0.143. The summed E-state index contributed by atoms with van der Waals surface area (Å²) in [4.78, 5) is 14.8. The van der Waals surface area contributed by atoms with Crippen LogP contribution in [0.3, 0.4) is 0 Å². The average molecular weight is 277 g/mol. The largest absolute Gasteiger partial charge is 0.417 e. The Morgan fingerprint density at radius 1 is 1.30 bits per heavy atom. The van der Waals surface area contributed by atoms with Gasteiger partial charge >= 0.3 is 12.2 Å². The van der Waals surface area contributed by atoms with Crippen molar-refractivity contribution in [3.63, 3.8) is 0 Å². The lowest BCUT2D eigenvalue weighted by Gasteiger charge is -2.17. The van der Waals surface area contributed by atoms with E-state index in [1.54, 1.807) is 12.2 Å². The van der Waals surface area contributed by atoms with Crippen molar-refractivity contribution in [1.29, 1.82) is 0 Å². The number of nitrogens with one attached hydrogen (secondary N) is 1. The molecule has 1 heterocycles. The minimum atomic E-state index is -4.44. The number of fused-ring (bicyclic) bond motifs is 1. The number of hydrogen-bond acceptors (Lipinski definition) is 1. The van der Waals surface area contributed by atoms with Gasteiger partial charge in [0.25, 0.3) is 0 Å². The summed E-state index contributed by atoms with van der Waals surface area (Å²) in [5.74, 6) is 0. The van der Waals surface area contributed by atoms with E-state index < -0.39 is 23.8 Å². The molecule has 101 valence electrons. The number of hydrogen-bond donors (Lipinski definition) is 1. The number of urea groups is 1. The lowest BCUT2D eigenvalue weighted by atomic mass is 9.92. The maximum absolute atomic E-state index is 13.0. The highest BCUT2D eigenvalue weighted by Crippen LogP contribution is 2.36. The first-order valence-corrected chi connectivity index (χ1v) is 5.82. The Morgan fingerprint density at radius 2 is 2.10 bits per heavy atom. The number of nitrogens with zero attached hydrogens (tertiary/aromatic N) is 1. The summed E-state index contributed by atoms with van der Waals surface area (Å²) in [7, 11) is 0. The van der Waals surface area contributed by atoms with Gasteiger partial charge in [0.2, 0.25) is 0 Å². The normalized spacial score (nSPS) is 21.1. The highest BCUT2D eigenvalue weighted by molar-refractivity contribution is 6.14.